The van der Waals surface area contributed by atoms with Gasteiger partial charge in [-0.1, -0.05) is 53.2 Å². The molecule has 2 aromatic carbocycles. The lowest BCUT2D eigenvalue weighted by Crippen LogP contribution is -2.43. The molecule has 0 saturated heterocycles. The van der Waals surface area contributed by atoms with E-state index in [4.69, 9.17) is 0 Å². The molecule has 1 heterocycles. The van der Waals surface area contributed by atoms with Crippen LogP contribution >= 0.6 is 0 Å². The average Bonchev–Trinajstić information content (AvgIpc) is 2.46. The quantitative estimate of drug-likeness (QED) is 0.690. The van der Waals surface area contributed by atoms with Gasteiger partial charge in [-0.25, -0.2) is 0 Å². The van der Waals surface area contributed by atoms with Crippen LogP contribution in [0.2, 0.25) is 0 Å². The fraction of sp³-hybridized carbons (Fsp3) is 0.0625. The lowest BCUT2D eigenvalue weighted by Gasteiger charge is -2.02. The van der Waals surface area contributed by atoms with Crippen molar-refractivity contribution < 1.29 is 4.68 Å². The number of nitrogens with one attached hydrogen (secondary N) is 1. The molecule has 0 saturated carbocycles. The summed E-state index contributed by atoms with van der Waals surface area (Å²) in [6.45, 7) is 0.823. The predicted octanol–water partition coefficient (Wildman–Crippen LogP) is 2.87. The van der Waals surface area contributed by atoms with Gasteiger partial charge in [0.15, 0.2) is 6.20 Å². The summed E-state index contributed by atoms with van der Waals surface area (Å²) in [5.41, 5.74) is 4.65. The van der Waals surface area contributed by atoms with Crippen molar-refractivity contribution in [3.63, 3.8) is 0 Å². The molecular formula is C16H15N2+. The van der Waals surface area contributed by atoms with E-state index in [9.17, 15) is 0 Å². The molecule has 18 heavy (non-hydrogen) atoms. The maximum atomic E-state index is 3.37. The summed E-state index contributed by atoms with van der Waals surface area (Å²) < 4.78 is 2.01. The molecule has 0 aliphatic rings. The van der Waals surface area contributed by atoms with Crippen LogP contribution in [0.4, 0.5) is 0 Å². The van der Waals surface area contributed by atoms with Crippen molar-refractivity contribution in [3.05, 3.63) is 78.6 Å². The summed E-state index contributed by atoms with van der Waals surface area (Å²) >= 11 is 0. The Balaban J connectivity index is 1.79. The first-order valence-electron chi connectivity index (χ1n) is 6.10. The number of rotatable bonds is 3. The highest BCUT2D eigenvalue weighted by Gasteiger charge is 2.01. The lowest BCUT2D eigenvalue weighted by molar-refractivity contribution is -0.650. The summed E-state index contributed by atoms with van der Waals surface area (Å²) in [7, 11) is 0. The largest absolute Gasteiger partial charge is 0.207 e. The molecule has 3 rings (SSSR count). The normalized spacial score (nSPS) is 10.4. The Hall–Kier alpha value is -2.35. The Kier molecular flexibility index (Phi) is 2.92. The van der Waals surface area contributed by atoms with Crippen LogP contribution in [0.25, 0.3) is 10.8 Å². The SMILES string of the molecule is c1ccc(CN[n+]2ccc3ccccc3c2)cc1. The third-order valence-electron chi connectivity index (χ3n) is 3.00. The first-order chi connectivity index (χ1) is 8.92. The van der Waals surface area contributed by atoms with Gasteiger partial charge in [-0.05, 0) is 17.0 Å². The van der Waals surface area contributed by atoms with Gasteiger partial charge in [0.25, 0.3) is 0 Å². The van der Waals surface area contributed by atoms with Crippen molar-refractivity contribution in [1.29, 1.82) is 0 Å². The molecule has 0 fully saturated rings. The van der Waals surface area contributed by atoms with Crippen LogP contribution in [0.15, 0.2) is 73.1 Å². The Bertz CT molecular complexity index is 647. The number of hydrogen-bond donors (Lipinski definition) is 1. The minimum atomic E-state index is 0.823. The molecule has 0 unspecified atom stereocenters. The lowest BCUT2D eigenvalue weighted by atomic mass is 10.2. The second kappa shape index (κ2) is 4.88. The molecule has 0 aliphatic carbocycles. The number of fused-ring (bicyclic) bond motifs is 1. The van der Waals surface area contributed by atoms with E-state index < -0.39 is 0 Å². The predicted molar refractivity (Wildman–Crippen MR) is 73.6 cm³/mol. The molecule has 0 atom stereocenters. The van der Waals surface area contributed by atoms with Gasteiger partial charge >= 0.3 is 0 Å². The zero-order valence-electron chi connectivity index (χ0n) is 10.1. The van der Waals surface area contributed by atoms with Gasteiger partial charge in [-0.3, -0.25) is 0 Å². The van der Waals surface area contributed by atoms with Crippen molar-refractivity contribution >= 4 is 10.8 Å². The molecule has 3 aromatic rings. The van der Waals surface area contributed by atoms with Crippen LogP contribution in [0.3, 0.4) is 0 Å². The van der Waals surface area contributed by atoms with Crippen LogP contribution in [0.1, 0.15) is 5.56 Å². The highest BCUT2D eigenvalue weighted by molar-refractivity contribution is 5.80. The minimum Gasteiger partial charge on any atom is -0.189 e. The van der Waals surface area contributed by atoms with Crippen molar-refractivity contribution in [2.24, 2.45) is 0 Å². The third-order valence-corrected chi connectivity index (χ3v) is 3.00. The maximum absolute atomic E-state index is 3.37. The second-order valence-corrected chi connectivity index (χ2v) is 4.30. The first kappa shape index (κ1) is 10.8. The number of pyridine rings is 1. The molecule has 88 valence electrons. The summed E-state index contributed by atoms with van der Waals surface area (Å²) in [4.78, 5) is 0. The number of nitrogens with zero attached hydrogens (tertiary/aromatic N) is 1. The fourth-order valence-electron chi connectivity index (χ4n) is 2.01. The molecule has 0 bridgehead atoms. The third kappa shape index (κ3) is 2.33. The summed E-state index contributed by atoms with van der Waals surface area (Å²) in [6.07, 6.45) is 4.16. The average molecular weight is 235 g/mol. The van der Waals surface area contributed by atoms with E-state index in [-0.39, 0.29) is 0 Å². The monoisotopic (exact) mass is 235 g/mol. The Morgan fingerprint density at radius 2 is 1.50 bits per heavy atom. The summed E-state index contributed by atoms with van der Waals surface area (Å²) in [6, 6.07) is 20.9. The summed E-state index contributed by atoms with van der Waals surface area (Å²) in [5.74, 6) is 0. The van der Waals surface area contributed by atoms with Gasteiger partial charge in [0.1, 0.15) is 0 Å². The first-order valence-corrected chi connectivity index (χ1v) is 6.10. The fourth-order valence-corrected chi connectivity index (χ4v) is 2.01. The maximum Gasteiger partial charge on any atom is 0.207 e. The zero-order chi connectivity index (χ0) is 12.2. The van der Waals surface area contributed by atoms with Gasteiger partial charge in [-0.2, -0.15) is 5.43 Å². The van der Waals surface area contributed by atoms with Crippen molar-refractivity contribution in [3.8, 4) is 0 Å². The Labute approximate surface area is 106 Å². The number of benzene rings is 2. The van der Waals surface area contributed by atoms with Crippen LogP contribution in [-0.4, -0.2) is 0 Å². The molecule has 2 nitrogen and oxygen atoms in total. The number of aromatic nitrogens is 1. The van der Waals surface area contributed by atoms with Crippen molar-refractivity contribution in [1.82, 2.24) is 0 Å². The smallest absolute Gasteiger partial charge is 0.189 e. The Morgan fingerprint density at radius 3 is 2.33 bits per heavy atom. The molecule has 0 radical (unpaired) electrons. The molecule has 0 amide bonds. The van der Waals surface area contributed by atoms with Gasteiger partial charge in [0.2, 0.25) is 6.20 Å². The molecule has 1 N–H and O–H groups in total. The number of hydrogen-bond acceptors (Lipinski definition) is 1. The minimum absolute atomic E-state index is 0.823. The van der Waals surface area contributed by atoms with E-state index in [1.165, 1.54) is 16.3 Å². The van der Waals surface area contributed by atoms with Gasteiger partial charge in [-0.15, -0.1) is 0 Å². The van der Waals surface area contributed by atoms with Crippen LogP contribution in [0.5, 0.6) is 0 Å². The van der Waals surface area contributed by atoms with E-state index in [1.807, 2.05) is 16.9 Å². The van der Waals surface area contributed by atoms with E-state index in [0.717, 1.165) is 6.54 Å². The summed E-state index contributed by atoms with van der Waals surface area (Å²) in [5, 5.41) is 2.50. The molecule has 0 spiro atoms. The van der Waals surface area contributed by atoms with E-state index >= 15 is 0 Å². The van der Waals surface area contributed by atoms with Crippen LogP contribution < -0.4 is 10.1 Å². The van der Waals surface area contributed by atoms with Gasteiger partial charge < -0.3 is 0 Å². The highest BCUT2D eigenvalue weighted by Crippen LogP contribution is 2.09. The highest BCUT2D eigenvalue weighted by atomic mass is 15.4. The van der Waals surface area contributed by atoms with Crippen LogP contribution in [-0.2, 0) is 6.54 Å². The van der Waals surface area contributed by atoms with E-state index in [0.29, 0.717) is 0 Å². The Morgan fingerprint density at radius 1 is 0.778 bits per heavy atom. The zero-order valence-corrected chi connectivity index (χ0v) is 10.1. The van der Waals surface area contributed by atoms with E-state index in [1.54, 1.807) is 0 Å². The van der Waals surface area contributed by atoms with E-state index in [2.05, 4.69) is 66.2 Å². The molecule has 0 aliphatic heterocycles. The van der Waals surface area contributed by atoms with Crippen molar-refractivity contribution in [2.45, 2.75) is 6.54 Å². The van der Waals surface area contributed by atoms with Crippen LogP contribution in [0, 0.1) is 0 Å². The molecule has 2 heteroatoms. The molecule has 1 aromatic heterocycles. The van der Waals surface area contributed by atoms with Gasteiger partial charge in [0.05, 0.1) is 6.54 Å². The standard InChI is InChI=1S/C16H15N2/c1-2-6-14(7-3-1)12-17-18-11-10-15-8-4-5-9-16(15)13-18/h1-11,13,17H,12H2/q+1. The molecular weight excluding hydrogens is 220 g/mol. The van der Waals surface area contributed by atoms with Gasteiger partial charge in [0, 0.05) is 11.5 Å². The van der Waals surface area contributed by atoms with Crippen molar-refractivity contribution in [2.75, 3.05) is 5.43 Å². The topological polar surface area (TPSA) is 15.9 Å². The second-order valence-electron chi connectivity index (χ2n) is 4.30.